The zero-order chi connectivity index (χ0) is 17.6. The molecule has 0 unspecified atom stereocenters. The van der Waals surface area contributed by atoms with Gasteiger partial charge in [0, 0.05) is 13.1 Å². The molecule has 2 aromatic rings. The Morgan fingerprint density at radius 3 is 2.52 bits per heavy atom. The number of rotatable bonds is 6. The van der Waals surface area contributed by atoms with Gasteiger partial charge in [0.15, 0.2) is 11.5 Å². The van der Waals surface area contributed by atoms with E-state index in [0.29, 0.717) is 24.6 Å². The summed E-state index contributed by atoms with van der Waals surface area (Å²) >= 11 is 0. The summed E-state index contributed by atoms with van der Waals surface area (Å²) in [5, 5.41) is 5.52. The monoisotopic (exact) mass is 341 g/mol. The second-order valence-electron chi connectivity index (χ2n) is 5.53. The molecule has 7 heteroatoms. The maximum absolute atomic E-state index is 12.3. The number of hydrogen-bond donors (Lipinski definition) is 2. The highest BCUT2D eigenvalue weighted by Crippen LogP contribution is 2.32. The Morgan fingerprint density at radius 2 is 1.76 bits per heavy atom. The highest BCUT2D eigenvalue weighted by Gasteiger charge is 2.15. The third kappa shape index (κ3) is 4.06. The molecule has 0 saturated heterocycles. The molecule has 2 N–H and O–H groups in total. The van der Waals surface area contributed by atoms with Gasteiger partial charge in [-0.1, -0.05) is 19.1 Å². The van der Waals surface area contributed by atoms with Crippen molar-refractivity contribution in [3.63, 3.8) is 0 Å². The van der Waals surface area contributed by atoms with Crippen LogP contribution in [-0.2, 0) is 6.54 Å². The molecule has 0 bridgehead atoms. The van der Waals surface area contributed by atoms with Crippen LogP contribution in [0.3, 0.4) is 0 Å². The Kier molecular flexibility index (Phi) is 5.13. The van der Waals surface area contributed by atoms with E-state index >= 15 is 0 Å². The van der Waals surface area contributed by atoms with Crippen LogP contribution < -0.4 is 20.1 Å². The average molecular weight is 341 g/mol. The van der Waals surface area contributed by atoms with Gasteiger partial charge in [0.2, 0.25) is 6.79 Å². The van der Waals surface area contributed by atoms with Crippen molar-refractivity contribution in [3.8, 4) is 11.5 Å². The fraction of sp³-hybridized carbons (Fsp3) is 0.278. The van der Waals surface area contributed by atoms with Crippen LogP contribution in [0.4, 0.5) is 0 Å². The summed E-state index contributed by atoms with van der Waals surface area (Å²) in [5.41, 5.74) is 1.31. The molecule has 0 saturated carbocycles. The quantitative estimate of drug-likeness (QED) is 0.837. The molecule has 2 amide bonds. The lowest BCUT2D eigenvalue weighted by Crippen LogP contribution is -2.27. The predicted octanol–water partition coefficient (Wildman–Crippen LogP) is 1.88. The van der Waals surface area contributed by atoms with Gasteiger partial charge in [-0.2, -0.15) is 0 Å². The molecule has 1 aliphatic rings. The van der Waals surface area contributed by atoms with Gasteiger partial charge in [-0.05, 0) is 36.2 Å². The molecule has 0 spiro atoms. The van der Waals surface area contributed by atoms with Crippen LogP contribution in [0, 0.1) is 0 Å². The molecule has 130 valence electrons. The van der Waals surface area contributed by atoms with E-state index in [9.17, 15) is 9.59 Å². The molecule has 25 heavy (non-hydrogen) atoms. The van der Waals surface area contributed by atoms with E-state index in [1.54, 1.807) is 24.3 Å². The van der Waals surface area contributed by atoms with Crippen LogP contribution in [0.25, 0.3) is 0 Å². The second-order valence-corrected chi connectivity index (χ2v) is 5.53. The summed E-state index contributed by atoms with van der Waals surface area (Å²) in [6.45, 7) is 3.07. The maximum Gasteiger partial charge on any atom is 0.270 e. The Hall–Kier alpha value is -3.09. The lowest BCUT2D eigenvalue weighted by atomic mass is 10.2. The molecular weight excluding hydrogens is 322 g/mol. The first-order valence-corrected chi connectivity index (χ1v) is 8.09. The number of nitrogens with zero attached hydrogens (tertiary/aromatic N) is 1. The van der Waals surface area contributed by atoms with Crippen molar-refractivity contribution in [2.45, 2.75) is 19.9 Å². The largest absolute Gasteiger partial charge is 0.454 e. The van der Waals surface area contributed by atoms with Crippen LogP contribution in [0.15, 0.2) is 36.4 Å². The van der Waals surface area contributed by atoms with Crippen molar-refractivity contribution >= 4 is 11.8 Å². The number of hydrogen-bond acceptors (Lipinski definition) is 5. The number of fused-ring (bicyclic) bond motifs is 1. The first kappa shape index (κ1) is 16.8. The molecule has 3 rings (SSSR count). The van der Waals surface area contributed by atoms with Crippen LogP contribution in [-0.4, -0.2) is 30.1 Å². The minimum Gasteiger partial charge on any atom is -0.454 e. The van der Waals surface area contributed by atoms with Gasteiger partial charge >= 0.3 is 0 Å². The van der Waals surface area contributed by atoms with Crippen molar-refractivity contribution in [2.75, 3.05) is 13.3 Å². The number of pyridine rings is 1. The smallest absolute Gasteiger partial charge is 0.270 e. The summed E-state index contributed by atoms with van der Waals surface area (Å²) in [6, 6.07) is 10.3. The lowest BCUT2D eigenvalue weighted by molar-refractivity contribution is 0.0942. The average Bonchev–Trinajstić information content (AvgIpc) is 3.12. The van der Waals surface area contributed by atoms with Crippen LogP contribution in [0.1, 0.15) is 39.9 Å². The van der Waals surface area contributed by atoms with Gasteiger partial charge in [0.25, 0.3) is 11.8 Å². The number of amides is 2. The lowest BCUT2D eigenvalue weighted by Gasteiger charge is -2.07. The molecule has 2 heterocycles. The summed E-state index contributed by atoms with van der Waals surface area (Å²) in [4.78, 5) is 28.3. The number of benzene rings is 1. The number of aromatic nitrogens is 1. The first-order chi connectivity index (χ1) is 12.2. The van der Waals surface area contributed by atoms with Gasteiger partial charge in [-0.25, -0.2) is 4.98 Å². The molecule has 0 fully saturated rings. The third-order valence-corrected chi connectivity index (χ3v) is 3.64. The van der Waals surface area contributed by atoms with Crippen molar-refractivity contribution in [1.29, 1.82) is 0 Å². The van der Waals surface area contributed by atoms with E-state index in [0.717, 1.165) is 12.0 Å². The van der Waals surface area contributed by atoms with Crippen molar-refractivity contribution in [2.24, 2.45) is 0 Å². The molecule has 1 aliphatic heterocycles. The van der Waals surface area contributed by atoms with Crippen molar-refractivity contribution in [1.82, 2.24) is 15.6 Å². The number of carbonyl (C=O) groups is 2. The normalized spacial score (nSPS) is 11.9. The summed E-state index contributed by atoms with van der Waals surface area (Å²) < 4.78 is 10.6. The Morgan fingerprint density at radius 1 is 1.04 bits per heavy atom. The number of carbonyl (C=O) groups excluding carboxylic acids is 2. The van der Waals surface area contributed by atoms with Gasteiger partial charge < -0.3 is 20.1 Å². The van der Waals surface area contributed by atoms with E-state index in [-0.39, 0.29) is 30.0 Å². The molecule has 1 aromatic carbocycles. The fourth-order valence-electron chi connectivity index (χ4n) is 2.34. The number of ether oxygens (including phenoxy) is 2. The highest BCUT2D eigenvalue weighted by atomic mass is 16.7. The molecule has 1 aromatic heterocycles. The third-order valence-electron chi connectivity index (χ3n) is 3.64. The zero-order valence-electron chi connectivity index (χ0n) is 13.9. The first-order valence-electron chi connectivity index (χ1n) is 8.09. The molecule has 7 nitrogen and oxygen atoms in total. The van der Waals surface area contributed by atoms with Gasteiger partial charge in [0.1, 0.15) is 11.4 Å². The maximum atomic E-state index is 12.3. The standard InChI is InChI=1S/C18H19N3O4/c1-2-8-19-17(22)13-4-3-5-14(21-13)18(23)20-10-12-6-7-15-16(9-12)25-11-24-15/h3-7,9H,2,8,10-11H2,1H3,(H,19,22)(H,20,23). The molecular formula is C18H19N3O4. The van der Waals surface area contributed by atoms with Crippen LogP contribution in [0.5, 0.6) is 11.5 Å². The van der Waals surface area contributed by atoms with Crippen LogP contribution in [0.2, 0.25) is 0 Å². The van der Waals surface area contributed by atoms with Gasteiger partial charge in [0.05, 0.1) is 0 Å². The summed E-state index contributed by atoms with van der Waals surface area (Å²) in [7, 11) is 0. The number of nitrogens with one attached hydrogen (secondary N) is 2. The topological polar surface area (TPSA) is 89.6 Å². The van der Waals surface area contributed by atoms with Gasteiger partial charge in [-0.3, -0.25) is 9.59 Å². The van der Waals surface area contributed by atoms with E-state index in [1.807, 2.05) is 19.1 Å². The molecule has 0 radical (unpaired) electrons. The van der Waals surface area contributed by atoms with Gasteiger partial charge in [-0.15, -0.1) is 0 Å². The minimum atomic E-state index is -0.345. The minimum absolute atomic E-state index is 0.199. The molecule has 0 atom stereocenters. The van der Waals surface area contributed by atoms with E-state index in [1.165, 1.54) is 0 Å². The molecule has 0 aliphatic carbocycles. The Bertz CT molecular complexity index is 792. The van der Waals surface area contributed by atoms with E-state index < -0.39 is 0 Å². The highest BCUT2D eigenvalue weighted by molar-refractivity contribution is 5.96. The van der Waals surface area contributed by atoms with Crippen molar-refractivity contribution < 1.29 is 19.1 Å². The second kappa shape index (κ2) is 7.65. The van der Waals surface area contributed by atoms with Crippen LogP contribution >= 0.6 is 0 Å². The van der Waals surface area contributed by atoms with E-state index in [4.69, 9.17) is 9.47 Å². The summed E-state index contributed by atoms with van der Waals surface area (Å²) in [5.74, 6) is 0.733. The zero-order valence-corrected chi connectivity index (χ0v) is 13.9. The SMILES string of the molecule is CCCNC(=O)c1cccc(C(=O)NCc2ccc3c(c2)OCO3)n1. The predicted molar refractivity (Wildman–Crippen MR) is 90.6 cm³/mol. The Labute approximate surface area is 145 Å². The Balaban J connectivity index is 1.62. The fourth-order valence-corrected chi connectivity index (χ4v) is 2.34. The van der Waals surface area contributed by atoms with E-state index in [2.05, 4.69) is 15.6 Å². The van der Waals surface area contributed by atoms with Crippen molar-refractivity contribution in [3.05, 3.63) is 53.3 Å². The summed E-state index contributed by atoms with van der Waals surface area (Å²) in [6.07, 6.45) is 0.835.